The first-order valence-corrected chi connectivity index (χ1v) is 7.65. The SMILES string of the molecule is CNc1c(F)c(F)c(Oc2ccnc3cc(OC)c(OC)cc23)c(F)c1F. The second kappa shape index (κ2) is 7.18. The molecule has 0 bridgehead atoms. The van der Waals surface area contributed by atoms with Crippen molar-refractivity contribution in [3.8, 4) is 23.0 Å². The van der Waals surface area contributed by atoms with Crippen molar-refractivity contribution in [2.45, 2.75) is 0 Å². The lowest BCUT2D eigenvalue weighted by Gasteiger charge is -2.14. The molecule has 0 fully saturated rings. The minimum atomic E-state index is -1.66. The maximum absolute atomic E-state index is 14.2. The summed E-state index contributed by atoms with van der Waals surface area (Å²) in [6.07, 6.45) is 1.31. The van der Waals surface area contributed by atoms with Crippen molar-refractivity contribution >= 4 is 16.6 Å². The average Bonchev–Trinajstić information content (AvgIpc) is 2.69. The van der Waals surface area contributed by atoms with Crippen LogP contribution < -0.4 is 19.5 Å². The average molecular weight is 382 g/mol. The summed E-state index contributed by atoms with van der Waals surface area (Å²) in [6, 6.07) is 4.30. The van der Waals surface area contributed by atoms with Gasteiger partial charge in [0.2, 0.25) is 17.4 Å². The second-order valence-electron chi connectivity index (χ2n) is 5.35. The highest BCUT2D eigenvalue weighted by atomic mass is 19.2. The van der Waals surface area contributed by atoms with E-state index in [1.807, 2.05) is 0 Å². The van der Waals surface area contributed by atoms with Gasteiger partial charge in [-0.1, -0.05) is 0 Å². The summed E-state index contributed by atoms with van der Waals surface area (Å²) >= 11 is 0. The Balaban J connectivity index is 2.18. The van der Waals surface area contributed by atoms with Crippen LogP contribution in [-0.2, 0) is 0 Å². The molecule has 0 amide bonds. The molecule has 3 rings (SSSR count). The number of ether oxygens (including phenoxy) is 3. The number of hydrogen-bond acceptors (Lipinski definition) is 5. The van der Waals surface area contributed by atoms with Crippen LogP contribution in [0, 0.1) is 23.3 Å². The fourth-order valence-corrected chi connectivity index (χ4v) is 2.57. The smallest absolute Gasteiger partial charge is 0.206 e. The molecule has 0 saturated heterocycles. The predicted molar refractivity (Wildman–Crippen MR) is 90.7 cm³/mol. The Hall–Kier alpha value is -3.23. The largest absolute Gasteiger partial charge is 0.493 e. The molecule has 0 atom stereocenters. The van der Waals surface area contributed by atoms with Crippen LogP contribution in [0.2, 0.25) is 0 Å². The van der Waals surface area contributed by atoms with Crippen molar-refractivity contribution < 1.29 is 31.8 Å². The van der Waals surface area contributed by atoms with E-state index in [2.05, 4.69) is 10.3 Å². The zero-order valence-electron chi connectivity index (χ0n) is 14.5. The Labute approximate surface area is 151 Å². The lowest BCUT2D eigenvalue weighted by molar-refractivity contribution is 0.355. The van der Waals surface area contributed by atoms with Gasteiger partial charge >= 0.3 is 0 Å². The van der Waals surface area contributed by atoms with Crippen LogP contribution in [0.25, 0.3) is 10.9 Å². The van der Waals surface area contributed by atoms with E-state index in [-0.39, 0.29) is 5.75 Å². The molecule has 3 aromatic rings. The molecule has 142 valence electrons. The minimum Gasteiger partial charge on any atom is -0.493 e. The first-order valence-electron chi connectivity index (χ1n) is 7.65. The highest BCUT2D eigenvalue weighted by Gasteiger charge is 2.27. The van der Waals surface area contributed by atoms with E-state index < -0.39 is 34.7 Å². The number of halogens is 4. The van der Waals surface area contributed by atoms with Gasteiger partial charge in [-0.2, -0.15) is 8.78 Å². The van der Waals surface area contributed by atoms with Gasteiger partial charge in [0.05, 0.1) is 19.7 Å². The van der Waals surface area contributed by atoms with E-state index in [4.69, 9.17) is 14.2 Å². The van der Waals surface area contributed by atoms with E-state index >= 15 is 0 Å². The van der Waals surface area contributed by atoms with Crippen molar-refractivity contribution in [1.29, 1.82) is 0 Å². The molecule has 0 aliphatic carbocycles. The Morgan fingerprint density at radius 3 is 2.00 bits per heavy atom. The van der Waals surface area contributed by atoms with Crippen LogP contribution in [-0.4, -0.2) is 26.3 Å². The fraction of sp³-hybridized carbons (Fsp3) is 0.167. The monoisotopic (exact) mass is 382 g/mol. The molecular formula is C18H14F4N2O3. The summed E-state index contributed by atoms with van der Waals surface area (Å²) in [5.74, 6) is -7.10. The number of nitrogens with one attached hydrogen (secondary N) is 1. The van der Waals surface area contributed by atoms with Crippen molar-refractivity contribution in [3.63, 3.8) is 0 Å². The topological polar surface area (TPSA) is 52.6 Å². The zero-order valence-corrected chi connectivity index (χ0v) is 14.5. The Morgan fingerprint density at radius 2 is 1.44 bits per heavy atom. The molecule has 1 heterocycles. The standard InChI is InChI=1S/C18H14F4N2O3/c1-23-17-13(19)15(21)18(16(22)14(17)20)27-10-4-5-24-9-7-12(26-3)11(25-2)6-8(9)10/h4-7,23H,1-3H3. The normalized spacial score (nSPS) is 10.8. The molecule has 5 nitrogen and oxygen atoms in total. The third-order valence-corrected chi connectivity index (χ3v) is 3.89. The summed E-state index contributed by atoms with van der Waals surface area (Å²) in [5, 5.41) is 2.37. The number of methoxy groups -OCH3 is 2. The highest BCUT2D eigenvalue weighted by Crippen LogP contribution is 2.40. The second-order valence-corrected chi connectivity index (χ2v) is 5.35. The Morgan fingerprint density at radius 1 is 0.852 bits per heavy atom. The number of nitrogens with zero attached hydrogens (tertiary/aromatic N) is 1. The quantitative estimate of drug-likeness (QED) is 0.515. The van der Waals surface area contributed by atoms with Crippen molar-refractivity contribution in [2.75, 3.05) is 26.6 Å². The van der Waals surface area contributed by atoms with Crippen molar-refractivity contribution in [1.82, 2.24) is 4.98 Å². The summed E-state index contributed by atoms with van der Waals surface area (Å²) in [7, 11) is 3.97. The third kappa shape index (κ3) is 3.05. The number of rotatable bonds is 5. The van der Waals surface area contributed by atoms with E-state index in [9.17, 15) is 17.6 Å². The predicted octanol–water partition coefficient (Wildman–Crippen LogP) is 4.64. The van der Waals surface area contributed by atoms with Crippen LogP contribution >= 0.6 is 0 Å². The number of aromatic nitrogens is 1. The van der Waals surface area contributed by atoms with Gasteiger partial charge in [-0.05, 0) is 12.1 Å². The summed E-state index contributed by atoms with van der Waals surface area (Å²) in [6.45, 7) is 0. The number of hydrogen-bond donors (Lipinski definition) is 1. The van der Waals surface area contributed by atoms with Gasteiger partial charge in [0.1, 0.15) is 11.4 Å². The molecular weight excluding hydrogens is 368 g/mol. The van der Waals surface area contributed by atoms with Crippen LogP contribution in [0.15, 0.2) is 24.4 Å². The summed E-state index contributed by atoms with van der Waals surface area (Å²) in [4.78, 5) is 4.11. The molecule has 0 aliphatic rings. The first kappa shape index (κ1) is 18.6. The molecule has 2 aromatic carbocycles. The van der Waals surface area contributed by atoms with E-state index in [1.165, 1.54) is 38.6 Å². The number of fused-ring (bicyclic) bond motifs is 1. The number of benzene rings is 2. The van der Waals surface area contributed by atoms with Crippen molar-refractivity contribution in [2.24, 2.45) is 0 Å². The maximum Gasteiger partial charge on any atom is 0.206 e. The molecule has 0 saturated carbocycles. The molecule has 0 radical (unpaired) electrons. The minimum absolute atomic E-state index is 0.0743. The highest BCUT2D eigenvalue weighted by molar-refractivity contribution is 5.88. The molecule has 0 spiro atoms. The molecule has 1 N–H and O–H groups in total. The van der Waals surface area contributed by atoms with Gasteiger partial charge in [-0.15, -0.1) is 0 Å². The Bertz CT molecular complexity index is 998. The number of pyridine rings is 1. The molecule has 0 aliphatic heterocycles. The lowest BCUT2D eigenvalue weighted by atomic mass is 10.1. The first-order chi connectivity index (χ1) is 12.9. The van der Waals surface area contributed by atoms with Gasteiger partial charge in [-0.25, -0.2) is 8.78 Å². The van der Waals surface area contributed by atoms with Crippen LogP contribution in [0.3, 0.4) is 0 Å². The third-order valence-electron chi connectivity index (χ3n) is 3.89. The van der Waals surface area contributed by atoms with Gasteiger partial charge in [0.15, 0.2) is 23.1 Å². The molecule has 9 heteroatoms. The number of anilines is 1. The van der Waals surface area contributed by atoms with Crippen LogP contribution in [0.4, 0.5) is 23.2 Å². The van der Waals surface area contributed by atoms with E-state index in [0.29, 0.717) is 22.4 Å². The Kier molecular flexibility index (Phi) is 4.93. The van der Waals surface area contributed by atoms with Gasteiger partial charge < -0.3 is 19.5 Å². The van der Waals surface area contributed by atoms with Gasteiger partial charge in [-0.3, -0.25) is 4.98 Å². The fourth-order valence-electron chi connectivity index (χ4n) is 2.57. The summed E-state index contributed by atoms with van der Waals surface area (Å²) in [5.41, 5.74) is -0.568. The summed E-state index contributed by atoms with van der Waals surface area (Å²) < 4.78 is 71.9. The van der Waals surface area contributed by atoms with E-state index in [0.717, 1.165) is 7.05 Å². The van der Waals surface area contributed by atoms with Gasteiger partial charge in [0.25, 0.3) is 0 Å². The van der Waals surface area contributed by atoms with Crippen molar-refractivity contribution in [3.05, 3.63) is 47.7 Å². The zero-order chi connectivity index (χ0) is 19.7. The lowest BCUT2D eigenvalue weighted by Crippen LogP contribution is -2.06. The molecule has 1 aromatic heterocycles. The van der Waals surface area contributed by atoms with E-state index in [1.54, 1.807) is 0 Å². The molecule has 0 unspecified atom stereocenters. The molecule has 27 heavy (non-hydrogen) atoms. The van der Waals surface area contributed by atoms with Gasteiger partial charge in [0, 0.05) is 24.7 Å². The maximum atomic E-state index is 14.2. The van der Waals surface area contributed by atoms with Crippen LogP contribution in [0.1, 0.15) is 0 Å². The van der Waals surface area contributed by atoms with Crippen LogP contribution in [0.5, 0.6) is 23.0 Å².